The first kappa shape index (κ1) is 20.1. The Kier molecular flexibility index (Phi) is 5.33. The van der Waals surface area contributed by atoms with Crippen molar-refractivity contribution in [2.75, 3.05) is 0 Å². The fraction of sp³-hybridized carbons (Fsp3) is 0.200. The summed E-state index contributed by atoms with van der Waals surface area (Å²) in [5.74, 6) is 1.20. The van der Waals surface area contributed by atoms with Gasteiger partial charge in [-0.1, -0.05) is 46.2 Å². The van der Waals surface area contributed by atoms with E-state index in [0.717, 1.165) is 28.8 Å². The Morgan fingerprint density at radius 1 is 0.933 bits per heavy atom. The smallest absolute Gasteiger partial charge is 0.411 e. The first-order valence-electron chi connectivity index (χ1n) is 8.83. The van der Waals surface area contributed by atoms with Crippen LogP contribution in [0.25, 0.3) is 22.8 Å². The van der Waals surface area contributed by atoms with Crippen LogP contribution in [0.2, 0.25) is 0 Å². The van der Waals surface area contributed by atoms with Crippen molar-refractivity contribution in [2.45, 2.75) is 31.0 Å². The van der Waals surface area contributed by atoms with Crippen LogP contribution in [0.1, 0.15) is 22.6 Å². The number of halogens is 3. The third-order valence-corrected chi connectivity index (χ3v) is 4.94. The normalized spacial score (nSPS) is 11.8. The number of thioether (sulfide) groups is 1. The van der Waals surface area contributed by atoms with E-state index >= 15 is 0 Å². The Morgan fingerprint density at radius 2 is 1.63 bits per heavy atom. The van der Waals surface area contributed by atoms with E-state index in [1.54, 1.807) is 0 Å². The molecular weight excluding hydrogens is 417 g/mol. The van der Waals surface area contributed by atoms with Gasteiger partial charge >= 0.3 is 6.18 Å². The topological polar surface area (TPSA) is 77.8 Å². The molecule has 4 aromatic rings. The predicted octanol–water partition coefficient (Wildman–Crippen LogP) is 5.71. The number of hydrogen-bond donors (Lipinski definition) is 0. The van der Waals surface area contributed by atoms with E-state index in [4.69, 9.17) is 8.94 Å². The quantitative estimate of drug-likeness (QED) is 0.374. The summed E-state index contributed by atoms with van der Waals surface area (Å²) in [5, 5.41) is 12.2. The van der Waals surface area contributed by atoms with Gasteiger partial charge in [0.1, 0.15) is 0 Å². The van der Waals surface area contributed by atoms with E-state index in [9.17, 15) is 13.2 Å². The zero-order valence-electron chi connectivity index (χ0n) is 15.9. The summed E-state index contributed by atoms with van der Waals surface area (Å²) in [6, 6.07) is 10.5. The molecule has 10 heteroatoms. The molecule has 2 heterocycles. The lowest BCUT2D eigenvalue weighted by Crippen LogP contribution is -2.04. The minimum absolute atomic E-state index is 0.209. The molecular formula is C20H15F3N4O2S. The highest BCUT2D eigenvalue weighted by Gasteiger charge is 2.30. The van der Waals surface area contributed by atoms with Gasteiger partial charge in [0.25, 0.3) is 5.22 Å². The van der Waals surface area contributed by atoms with Crippen LogP contribution in [0.5, 0.6) is 0 Å². The molecule has 0 fully saturated rings. The van der Waals surface area contributed by atoms with Crippen LogP contribution in [0.4, 0.5) is 13.2 Å². The molecule has 0 spiro atoms. The van der Waals surface area contributed by atoms with Gasteiger partial charge in [-0.15, -0.1) is 10.2 Å². The molecule has 4 rings (SSSR count). The molecule has 0 N–H and O–H groups in total. The standard InChI is InChI=1S/C20H15F3N4O2S/c1-11-7-12(2)9-14(8-11)18-25-26-19(28-18)30-10-16-24-17(27-29-16)13-3-5-15(6-4-13)20(21,22)23/h3-9H,10H2,1-2H3. The lowest BCUT2D eigenvalue weighted by Gasteiger charge is -2.05. The van der Waals surface area contributed by atoms with Crippen molar-refractivity contribution in [3.05, 3.63) is 65.0 Å². The Balaban J connectivity index is 1.42. The number of rotatable bonds is 5. The maximum atomic E-state index is 12.7. The predicted molar refractivity (Wildman–Crippen MR) is 104 cm³/mol. The zero-order chi connectivity index (χ0) is 21.3. The molecule has 0 saturated carbocycles. The third kappa shape index (κ3) is 4.54. The van der Waals surface area contributed by atoms with Crippen molar-refractivity contribution in [1.29, 1.82) is 0 Å². The minimum atomic E-state index is -4.39. The van der Waals surface area contributed by atoms with Crippen LogP contribution in [0, 0.1) is 13.8 Å². The first-order valence-corrected chi connectivity index (χ1v) is 9.82. The summed E-state index contributed by atoms with van der Waals surface area (Å²) < 4.78 is 48.8. The molecule has 6 nitrogen and oxygen atoms in total. The molecule has 0 bridgehead atoms. The fourth-order valence-corrected chi connectivity index (χ4v) is 3.45. The first-order chi connectivity index (χ1) is 14.3. The van der Waals surface area contributed by atoms with Gasteiger partial charge in [-0.25, -0.2) is 0 Å². The maximum absolute atomic E-state index is 12.7. The van der Waals surface area contributed by atoms with Crippen LogP contribution >= 0.6 is 11.8 Å². The molecule has 0 unspecified atom stereocenters. The average Bonchev–Trinajstić information content (AvgIpc) is 3.35. The van der Waals surface area contributed by atoms with Crippen LogP contribution in [0.3, 0.4) is 0 Å². The van der Waals surface area contributed by atoms with Gasteiger partial charge in [0.15, 0.2) is 0 Å². The highest BCUT2D eigenvalue weighted by molar-refractivity contribution is 7.98. The van der Waals surface area contributed by atoms with Gasteiger partial charge < -0.3 is 8.94 Å². The lowest BCUT2D eigenvalue weighted by atomic mass is 10.1. The van der Waals surface area contributed by atoms with E-state index in [2.05, 4.69) is 26.4 Å². The molecule has 0 saturated heterocycles. The van der Waals surface area contributed by atoms with E-state index in [1.807, 2.05) is 26.0 Å². The highest BCUT2D eigenvalue weighted by atomic mass is 32.2. The van der Waals surface area contributed by atoms with E-state index in [-0.39, 0.29) is 11.6 Å². The van der Waals surface area contributed by atoms with Crippen LogP contribution in [-0.4, -0.2) is 20.3 Å². The second-order valence-electron chi connectivity index (χ2n) is 6.63. The van der Waals surface area contributed by atoms with Crippen LogP contribution < -0.4 is 0 Å². The SMILES string of the molecule is Cc1cc(C)cc(-c2nnc(SCc3nc(-c4ccc(C(F)(F)F)cc4)no3)o2)c1. The molecule has 154 valence electrons. The molecule has 2 aromatic carbocycles. The number of benzene rings is 2. The van der Waals surface area contributed by atoms with Gasteiger partial charge in [-0.2, -0.15) is 18.2 Å². The summed E-state index contributed by atoms with van der Waals surface area (Å²) >= 11 is 1.23. The molecule has 30 heavy (non-hydrogen) atoms. The minimum Gasteiger partial charge on any atom is -0.411 e. The molecule has 0 radical (unpaired) electrons. The fourth-order valence-electron chi connectivity index (χ4n) is 2.85. The van der Waals surface area contributed by atoms with E-state index in [1.165, 1.54) is 23.9 Å². The van der Waals surface area contributed by atoms with E-state index < -0.39 is 11.7 Å². The molecule has 0 aliphatic rings. The van der Waals surface area contributed by atoms with Crippen molar-refractivity contribution in [2.24, 2.45) is 0 Å². The Labute approximate surface area is 173 Å². The Morgan fingerprint density at radius 3 is 2.30 bits per heavy atom. The second-order valence-corrected chi connectivity index (χ2v) is 7.55. The molecule has 2 aromatic heterocycles. The number of aryl methyl sites for hydroxylation is 2. The summed E-state index contributed by atoms with van der Waals surface area (Å²) in [7, 11) is 0. The average molecular weight is 432 g/mol. The molecule has 0 amide bonds. The van der Waals surface area contributed by atoms with Crippen molar-refractivity contribution < 1.29 is 22.1 Å². The molecule has 0 atom stereocenters. The van der Waals surface area contributed by atoms with Gasteiger partial charge in [-0.05, 0) is 38.1 Å². The third-order valence-electron chi connectivity index (χ3n) is 4.13. The summed E-state index contributed by atoms with van der Waals surface area (Å²) in [6.07, 6.45) is -4.39. The largest absolute Gasteiger partial charge is 0.416 e. The summed E-state index contributed by atoms with van der Waals surface area (Å²) in [6.45, 7) is 3.98. The van der Waals surface area contributed by atoms with Crippen molar-refractivity contribution in [3.63, 3.8) is 0 Å². The van der Waals surface area contributed by atoms with Gasteiger partial charge in [-0.3, -0.25) is 0 Å². The maximum Gasteiger partial charge on any atom is 0.416 e. The van der Waals surface area contributed by atoms with E-state index in [0.29, 0.717) is 22.6 Å². The number of hydrogen-bond acceptors (Lipinski definition) is 7. The monoisotopic (exact) mass is 432 g/mol. The second kappa shape index (κ2) is 7.94. The summed E-state index contributed by atoms with van der Waals surface area (Å²) in [4.78, 5) is 4.21. The number of aromatic nitrogens is 4. The molecule has 0 aliphatic heterocycles. The lowest BCUT2D eigenvalue weighted by molar-refractivity contribution is -0.137. The van der Waals surface area contributed by atoms with Crippen LogP contribution in [0.15, 0.2) is 56.6 Å². The van der Waals surface area contributed by atoms with Crippen LogP contribution in [-0.2, 0) is 11.9 Å². The Bertz CT molecular complexity index is 1150. The Hall–Kier alpha value is -3.14. The van der Waals surface area contributed by atoms with Gasteiger partial charge in [0.2, 0.25) is 17.6 Å². The number of nitrogens with zero attached hydrogens (tertiary/aromatic N) is 4. The van der Waals surface area contributed by atoms with Crippen molar-refractivity contribution >= 4 is 11.8 Å². The van der Waals surface area contributed by atoms with Crippen molar-refractivity contribution in [3.8, 4) is 22.8 Å². The summed E-state index contributed by atoms with van der Waals surface area (Å²) in [5.41, 5.74) is 2.73. The van der Waals surface area contributed by atoms with Gasteiger partial charge in [0, 0.05) is 11.1 Å². The van der Waals surface area contributed by atoms with Gasteiger partial charge in [0.05, 0.1) is 11.3 Å². The van der Waals surface area contributed by atoms with Crippen molar-refractivity contribution in [1.82, 2.24) is 20.3 Å². The number of alkyl halides is 3. The molecule has 0 aliphatic carbocycles. The highest BCUT2D eigenvalue weighted by Crippen LogP contribution is 2.31. The zero-order valence-corrected chi connectivity index (χ0v) is 16.7.